The summed E-state index contributed by atoms with van der Waals surface area (Å²) in [5, 5.41) is 0. The number of nitrogens with two attached hydrogens (primary N) is 1. The Morgan fingerprint density at radius 2 is 2.11 bits per heavy atom. The standard InChI is InChI=1S/C7H17NO.H2/c1-7(2)3-5-9-6-4-8;/h7H,3-6,8H2,1-2H3;1H. The smallest absolute Gasteiger partial charge is 0.0588 e. The van der Waals surface area contributed by atoms with Crippen LogP contribution in [0.2, 0.25) is 0 Å². The van der Waals surface area contributed by atoms with Crippen LogP contribution in [-0.2, 0) is 4.74 Å². The van der Waals surface area contributed by atoms with Gasteiger partial charge in [-0.15, -0.1) is 0 Å². The van der Waals surface area contributed by atoms with E-state index < -0.39 is 0 Å². The second kappa shape index (κ2) is 6.05. The van der Waals surface area contributed by atoms with Gasteiger partial charge in [0.05, 0.1) is 6.61 Å². The third-order valence-electron chi connectivity index (χ3n) is 1.10. The van der Waals surface area contributed by atoms with Gasteiger partial charge in [-0.05, 0) is 12.3 Å². The first kappa shape index (κ1) is 8.92. The van der Waals surface area contributed by atoms with Crippen LogP contribution in [0.4, 0.5) is 0 Å². The summed E-state index contributed by atoms with van der Waals surface area (Å²) in [6.07, 6.45) is 1.14. The highest BCUT2D eigenvalue weighted by molar-refractivity contribution is 4.42. The minimum Gasteiger partial charge on any atom is -0.380 e. The van der Waals surface area contributed by atoms with Crippen molar-refractivity contribution in [3.63, 3.8) is 0 Å². The van der Waals surface area contributed by atoms with Gasteiger partial charge in [0.25, 0.3) is 0 Å². The number of ether oxygens (including phenoxy) is 1. The molecule has 0 aromatic heterocycles. The quantitative estimate of drug-likeness (QED) is 0.573. The monoisotopic (exact) mass is 133 g/mol. The van der Waals surface area contributed by atoms with Crippen molar-refractivity contribution in [2.45, 2.75) is 20.3 Å². The molecule has 0 rings (SSSR count). The summed E-state index contributed by atoms with van der Waals surface area (Å²) in [6.45, 7) is 6.57. The van der Waals surface area contributed by atoms with Crippen LogP contribution in [0.5, 0.6) is 0 Å². The van der Waals surface area contributed by atoms with E-state index in [2.05, 4.69) is 13.8 Å². The van der Waals surface area contributed by atoms with Crippen LogP contribution in [0.25, 0.3) is 0 Å². The lowest BCUT2D eigenvalue weighted by Gasteiger charge is -2.03. The molecular formula is C7H19NO. The molecule has 0 unspecified atom stereocenters. The van der Waals surface area contributed by atoms with Crippen molar-refractivity contribution in [3.05, 3.63) is 0 Å². The van der Waals surface area contributed by atoms with Crippen LogP contribution in [0.15, 0.2) is 0 Å². The topological polar surface area (TPSA) is 35.2 Å². The van der Waals surface area contributed by atoms with Crippen LogP contribution in [0, 0.1) is 5.92 Å². The Kier molecular flexibility index (Phi) is 5.99. The summed E-state index contributed by atoms with van der Waals surface area (Å²) >= 11 is 0. The maximum atomic E-state index is 5.22. The molecule has 0 aliphatic rings. The van der Waals surface area contributed by atoms with Crippen molar-refractivity contribution in [2.75, 3.05) is 19.8 Å². The molecule has 0 aromatic carbocycles. The fourth-order valence-corrected chi connectivity index (χ4v) is 0.504. The third-order valence-corrected chi connectivity index (χ3v) is 1.10. The number of hydrogen-bond acceptors (Lipinski definition) is 2. The summed E-state index contributed by atoms with van der Waals surface area (Å²) in [5.41, 5.74) is 5.22. The fraction of sp³-hybridized carbons (Fsp3) is 1.00. The minimum absolute atomic E-state index is 0. The molecule has 0 amide bonds. The second-order valence-corrected chi connectivity index (χ2v) is 2.58. The summed E-state index contributed by atoms with van der Waals surface area (Å²) in [7, 11) is 0. The Morgan fingerprint density at radius 1 is 1.44 bits per heavy atom. The number of hydrogen-bond donors (Lipinski definition) is 1. The first-order valence-electron chi connectivity index (χ1n) is 3.55. The first-order valence-corrected chi connectivity index (χ1v) is 3.55. The lowest BCUT2D eigenvalue weighted by atomic mass is 10.1. The van der Waals surface area contributed by atoms with Crippen LogP contribution in [0.1, 0.15) is 21.7 Å². The summed E-state index contributed by atoms with van der Waals surface area (Å²) in [6, 6.07) is 0. The second-order valence-electron chi connectivity index (χ2n) is 2.58. The molecule has 0 saturated carbocycles. The molecule has 0 atom stereocenters. The van der Waals surface area contributed by atoms with Crippen molar-refractivity contribution in [3.8, 4) is 0 Å². The minimum atomic E-state index is 0. The molecule has 0 aliphatic heterocycles. The predicted octanol–water partition coefficient (Wildman–Crippen LogP) is 1.25. The Hall–Kier alpha value is -0.0800. The predicted molar refractivity (Wildman–Crippen MR) is 41.4 cm³/mol. The van der Waals surface area contributed by atoms with Gasteiger partial charge in [0.2, 0.25) is 0 Å². The van der Waals surface area contributed by atoms with Crippen LogP contribution in [0.3, 0.4) is 0 Å². The molecule has 0 aromatic rings. The van der Waals surface area contributed by atoms with E-state index in [1.165, 1.54) is 0 Å². The van der Waals surface area contributed by atoms with Gasteiger partial charge >= 0.3 is 0 Å². The van der Waals surface area contributed by atoms with Crippen molar-refractivity contribution in [1.82, 2.24) is 0 Å². The van der Waals surface area contributed by atoms with Gasteiger partial charge in [0.15, 0.2) is 0 Å². The Bertz CT molecular complexity index is 59.6. The molecule has 0 saturated heterocycles. The molecule has 0 bridgehead atoms. The van der Waals surface area contributed by atoms with Crippen LogP contribution in [-0.4, -0.2) is 19.8 Å². The SMILES string of the molecule is CC(C)CCOCCN.[HH]. The zero-order valence-corrected chi connectivity index (χ0v) is 6.39. The van der Waals surface area contributed by atoms with Gasteiger partial charge in [0, 0.05) is 14.6 Å². The maximum Gasteiger partial charge on any atom is 0.0588 e. The fourth-order valence-electron chi connectivity index (χ4n) is 0.504. The van der Waals surface area contributed by atoms with Gasteiger partial charge in [-0.2, -0.15) is 0 Å². The van der Waals surface area contributed by atoms with Crippen molar-refractivity contribution in [1.29, 1.82) is 0 Å². The summed E-state index contributed by atoms with van der Waals surface area (Å²) in [5.74, 6) is 0.739. The van der Waals surface area contributed by atoms with E-state index in [1.807, 2.05) is 0 Å². The van der Waals surface area contributed by atoms with Crippen molar-refractivity contribution < 1.29 is 6.16 Å². The highest BCUT2D eigenvalue weighted by Gasteiger charge is 1.91. The van der Waals surface area contributed by atoms with E-state index in [1.54, 1.807) is 0 Å². The molecule has 0 aliphatic carbocycles. The van der Waals surface area contributed by atoms with E-state index in [4.69, 9.17) is 10.5 Å². The molecule has 58 valence electrons. The van der Waals surface area contributed by atoms with E-state index in [9.17, 15) is 0 Å². The molecule has 2 N–H and O–H groups in total. The van der Waals surface area contributed by atoms with E-state index in [-0.39, 0.29) is 1.43 Å². The normalized spacial score (nSPS) is 10.7. The van der Waals surface area contributed by atoms with Crippen molar-refractivity contribution in [2.24, 2.45) is 11.7 Å². The highest BCUT2D eigenvalue weighted by Crippen LogP contribution is 1.97. The third kappa shape index (κ3) is 7.92. The summed E-state index contributed by atoms with van der Waals surface area (Å²) < 4.78 is 5.17. The van der Waals surface area contributed by atoms with Gasteiger partial charge in [-0.1, -0.05) is 13.8 Å². The van der Waals surface area contributed by atoms with E-state index in [0.29, 0.717) is 13.2 Å². The zero-order chi connectivity index (χ0) is 7.11. The average molecular weight is 133 g/mol. The first-order chi connectivity index (χ1) is 4.27. The Labute approximate surface area is 58.9 Å². The lowest BCUT2D eigenvalue weighted by molar-refractivity contribution is 0.130. The average Bonchev–Trinajstić information content (AvgIpc) is 1.80. The summed E-state index contributed by atoms with van der Waals surface area (Å²) in [4.78, 5) is 0. The van der Waals surface area contributed by atoms with Crippen LogP contribution < -0.4 is 5.73 Å². The van der Waals surface area contributed by atoms with Gasteiger partial charge in [-0.25, -0.2) is 0 Å². The Balaban J connectivity index is 0. The molecule has 0 fully saturated rings. The Morgan fingerprint density at radius 3 is 2.56 bits per heavy atom. The molecule has 2 heteroatoms. The van der Waals surface area contributed by atoms with Gasteiger partial charge in [-0.3, -0.25) is 0 Å². The number of rotatable bonds is 5. The molecule has 0 spiro atoms. The van der Waals surface area contributed by atoms with Crippen LogP contribution >= 0.6 is 0 Å². The van der Waals surface area contributed by atoms with E-state index >= 15 is 0 Å². The lowest BCUT2D eigenvalue weighted by Crippen LogP contribution is -2.09. The molecule has 0 radical (unpaired) electrons. The highest BCUT2D eigenvalue weighted by atomic mass is 16.5. The van der Waals surface area contributed by atoms with Crippen molar-refractivity contribution >= 4 is 0 Å². The molecule has 2 nitrogen and oxygen atoms in total. The molecular weight excluding hydrogens is 114 g/mol. The largest absolute Gasteiger partial charge is 0.380 e. The maximum absolute atomic E-state index is 5.22. The van der Waals surface area contributed by atoms with Gasteiger partial charge in [0.1, 0.15) is 0 Å². The zero-order valence-electron chi connectivity index (χ0n) is 6.39. The van der Waals surface area contributed by atoms with E-state index in [0.717, 1.165) is 18.9 Å². The van der Waals surface area contributed by atoms with Gasteiger partial charge < -0.3 is 10.5 Å². The molecule has 9 heavy (non-hydrogen) atoms. The molecule has 0 heterocycles.